The fraction of sp³-hybridized carbons (Fsp3) is 0.455. The standard InChI is InChI=1S/C11H13N3O3/c1-6-5-8(10(16)17-2)13-11(12-6)14-9(15)7-3-4-7/h5,7H,3-4H2,1-2H3,(H,12,13,14,15). The summed E-state index contributed by atoms with van der Waals surface area (Å²) in [5.41, 5.74) is 0.748. The minimum atomic E-state index is -0.544. The third-order valence-electron chi connectivity index (χ3n) is 2.43. The van der Waals surface area contributed by atoms with Crippen LogP contribution >= 0.6 is 0 Å². The third-order valence-corrected chi connectivity index (χ3v) is 2.43. The van der Waals surface area contributed by atoms with Gasteiger partial charge < -0.3 is 4.74 Å². The van der Waals surface area contributed by atoms with Crippen LogP contribution in [0, 0.1) is 12.8 Å². The van der Waals surface area contributed by atoms with Crippen LogP contribution in [0.1, 0.15) is 29.0 Å². The number of aromatic nitrogens is 2. The number of carbonyl (C=O) groups excluding carboxylic acids is 2. The van der Waals surface area contributed by atoms with Gasteiger partial charge in [-0.15, -0.1) is 0 Å². The van der Waals surface area contributed by atoms with E-state index >= 15 is 0 Å². The number of rotatable bonds is 3. The number of anilines is 1. The lowest BCUT2D eigenvalue weighted by molar-refractivity contribution is -0.117. The summed E-state index contributed by atoms with van der Waals surface area (Å²) >= 11 is 0. The van der Waals surface area contributed by atoms with Crippen LogP contribution in [0.25, 0.3) is 0 Å². The predicted molar refractivity (Wildman–Crippen MR) is 59.5 cm³/mol. The van der Waals surface area contributed by atoms with E-state index in [0.717, 1.165) is 12.8 Å². The summed E-state index contributed by atoms with van der Waals surface area (Å²) < 4.78 is 4.57. The number of aryl methyl sites for hydroxylation is 1. The van der Waals surface area contributed by atoms with Gasteiger partial charge in [0.1, 0.15) is 0 Å². The molecular formula is C11H13N3O3. The van der Waals surface area contributed by atoms with Crippen LogP contribution in [0.3, 0.4) is 0 Å². The molecule has 0 unspecified atom stereocenters. The zero-order chi connectivity index (χ0) is 12.4. The van der Waals surface area contributed by atoms with Gasteiger partial charge >= 0.3 is 5.97 Å². The molecule has 0 radical (unpaired) electrons. The molecule has 2 rings (SSSR count). The summed E-state index contributed by atoms with van der Waals surface area (Å²) in [6, 6.07) is 1.51. The third kappa shape index (κ3) is 2.77. The molecule has 90 valence electrons. The van der Waals surface area contributed by atoms with Crippen molar-refractivity contribution in [2.24, 2.45) is 5.92 Å². The van der Waals surface area contributed by atoms with Crippen molar-refractivity contribution in [3.63, 3.8) is 0 Å². The second-order valence-electron chi connectivity index (χ2n) is 3.97. The summed E-state index contributed by atoms with van der Waals surface area (Å²) in [5.74, 6) is -0.410. The summed E-state index contributed by atoms with van der Waals surface area (Å²) in [6.45, 7) is 1.72. The second-order valence-corrected chi connectivity index (χ2v) is 3.97. The highest BCUT2D eigenvalue weighted by Gasteiger charge is 2.30. The Hall–Kier alpha value is -1.98. The highest BCUT2D eigenvalue weighted by molar-refractivity contribution is 5.93. The van der Waals surface area contributed by atoms with E-state index in [1.165, 1.54) is 13.2 Å². The predicted octanol–water partition coefficient (Wildman–Crippen LogP) is 0.920. The number of nitrogens with zero attached hydrogens (tertiary/aromatic N) is 2. The smallest absolute Gasteiger partial charge is 0.356 e. The lowest BCUT2D eigenvalue weighted by Crippen LogP contribution is -2.17. The largest absolute Gasteiger partial charge is 0.464 e. The van der Waals surface area contributed by atoms with Gasteiger partial charge in [-0.3, -0.25) is 10.1 Å². The molecule has 0 aromatic carbocycles. The number of nitrogens with one attached hydrogen (secondary N) is 1. The zero-order valence-corrected chi connectivity index (χ0v) is 9.69. The molecular weight excluding hydrogens is 222 g/mol. The van der Waals surface area contributed by atoms with E-state index < -0.39 is 5.97 Å². The molecule has 0 aliphatic heterocycles. The van der Waals surface area contributed by atoms with E-state index in [0.29, 0.717) is 5.69 Å². The first kappa shape index (κ1) is 11.5. The number of esters is 1. The van der Waals surface area contributed by atoms with Crippen molar-refractivity contribution in [1.82, 2.24) is 9.97 Å². The molecule has 0 bridgehead atoms. The Morgan fingerprint density at radius 2 is 2.12 bits per heavy atom. The van der Waals surface area contributed by atoms with Crippen LogP contribution in [0.5, 0.6) is 0 Å². The molecule has 1 aromatic heterocycles. The van der Waals surface area contributed by atoms with Gasteiger partial charge in [0.2, 0.25) is 11.9 Å². The van der Waals surface area contributed by atoms with Crippen molar-refractivity contribution in [2.45, 2.75) is 19.8 Å². The summed E-state index contributed by atoms with van der Waals surface area (Å²) in [4.78, 5) is 30.8. The molecule has 1 aromatic rings. The average Bonchev–Trinajstić information content (AvgIpc) is 3.10. The number of hydrogen-bond donors (Lipinski definition) is 1. The number of methoxy groups -OCH3 is 1. The van der Waals surface area contributed by atoms with Crippen LogP contribution < -0.4 is 5.32 Å². The maximum Gasteiger partial charge on any atom is 0.356 e. The summed E-state index contributed by atoms with van der Waals surface area (Å²) in [6.07, 6.45) is 1.81. The Kier molecular flexibility index (Phi) is 3.03. The molecule has 1 N–H and O–H groups in total. The molecule has 1 amide bonds. The fourth-order valence-electron chi connectivity index (χ4n) is 1.39. The molecule has 1 aliphatic carbocycles. The van der Waals surface area contributed by atoms with E-state index in [4.69, 9.17) is 0 Å². The second kappa shape index (κ2) is 4.48. The minimum absolute atomic E-state index is 0.0701. The van der Waals surface area contributed by atoms with E-state index in [2.05, 4.69) is 20.0 Å². The molecule has 6 heteroatoms. The maximum absolute atomic E-state index is 11.5. The molecule has 0 spiro atoms. The Bertz CT molecular complexity index is 469. The molecule has 1 saturated carbocycles. The molecule has 1 heterocycles. The van der Waals surface area contributed by atoms with E-state index in [1.54, 1.807) is 6.92 Å². The number of carbonyl (C=O) groups is 2. The van der Waals surface area contributed by atoms with Crippen LogP contribution in [-0.4, -0.2) is 29.0 Å². The van der Waals surface area contributed by atoms with Crippen molar-refractivity contribution in [3.05, 3.63) is 17.5 Å². The Labute approximate surface area is 98.4 Å². The van der Waals surface area contributed by atoms with Gasteiger partial charge in [-0.1, -0.05) is 0 Å². The van der Waals surface area contributed by atoms with Gasteiger partial charge in [0, 0.05) is 11.6 Å². The van der Waals surface area contributed by atoms with Gasteiger partial charge in [0.15, 0.2) is 5.69 Å². The molecule has 0 saturated heterocycles. The van der Waals surface area contributed by atoms with E-state index in [9.17, 15) is 9.59 Å². The minimum Gasteiger partial charge on any atom is -0.464 e. The number of hydrogen-bond acceptors (Lipinski definition) is 5. The average molecular weight is 235 g/mol. The van der Waals surface area contributed by atoms with Crippen molar-refractivity contribution in [2.75, 3.05) is 12.4 Å². The molecule has 1 aliphatic rings. The molecule has 0 atom stereocenters. The van der Waals surface area contributed by atoms with Gasteiger partial charge in [0.25, 0.3) is 0 Å². The van der Waals surface area contributed by atoms with Gasteiger partial charge in [-0.25, -0.2) is 14.8 Å². The van der Waals surface area contributed by atoms with Gasteiger partial charge in [-0.2, -0.15) is 0 Å². The maximum atomic E-state index is 11.5. The van der Waals surface area contributed by atoms with Gasteiger partial charge in [0.05, 0.1) is 7.11 Å². The quantitative estimate of drug-likeness (QED) is 0.788. The van der Waals surface area contributed by atoms with Crippen LogP contribution in [-0.2, 0) is 9.53 Å². The van der Waals surface area contributed by atoms with Crippen molar-refractivity contribution >= 4 is 17.8 Å². The fourth-order valence-corrected chi connectivity index (χ4v) is 1.39. The monoisotopic (exact) mass is 235 g/mol. The van der Waals surface area contributed by atoms with Crippen LogP contribution in [0.2, 0.25) is 0 Å². The van der Waals surface area contributed by atoms with Gasteiger partial charge in [-0.05, 0) is 25.8 Å². The first-order valence-corrected chi connectivity index (χ1v) is 5.35. The first-order valence-electron chi connectivity index (χ1n) is 5.35. The number of amides is 1. The summed E-state index contributed by atoms with van der Waals surface area (Å²) in [5, 5.41) is 2.60. The number of ether oxygens (including phenoxy) is 1. The Morgan fingerprint density at radius 1 is 1.41 bits per heavy atom. The highest BCUT2D eigenvalue weighted by atomic mass is 16.5. The van der Waals surface area contributed by atoms with Crippen LogP contribution in [0.4, 0.5) is 5.95 Å². The molecule has 6 nitrogen and oxygen atoms in total. The highest BCUT2D eigenvalue weighted by Crippen LogP contribution is 2.29. The van der Waals surface area contributed by atoms with Crippen LogP contribution in [0.15, 0.2) is 6.07 Å². The van der Waals surface area contributed by atoms with E-state index in [-0.39, 0.29) is 23.5 Å². The lowest BCUT2D eigenvalue weighted by atomic mass is 10.3. The Balaban J connectivity index is 2.18. The Morgan fingerprint density at radius 3 is 2.71 bits per heavy atom. The van der Waals surface area contributed by atoms with Crippen molar-refractivity contribution in [3.8, 4) is 0 Å². The zero-order valence-electron chi connectivity index (χ0n) is 9.69. The lowest BCUT2D eigenvalue weighted by Gasteiger charge is -2.05. The first-order chi connectivity index (χ1) is 8.10. The summed E-state index contributed by atoms with van der Waals surface area (Å²) in [7, 11) is 1.28. The SMILES string of the molecule is COC(=O)c1cc(C)nc(NC(=O)C2CC2)n1. The molecule has 1 fully saturated rings. The molecule has 17 heavy (non-hydrogen) atoms. The van der Waals surface area contributed by atoms with E-state index in [1.807, 2.05) is 0 Å². The normalized spacial score (nSPS) is 14.2. The van der Waals surface area contributed by atoms with Crippen molar-refractivity contribution in [1.29, 1.82) is 0 Å². The van der Waals surface area contributed by atoms with Crippen molar-refractivity contribution < 1.29 is 14.3 Å². The topological polar surface area (TPSA) is 81.2 Å².